The summed E-state index contributed by atoms with van der Waals surface area (Å²) in [6.07, 6.45) is 1.89. The van der Waals surface area contributed by atoms with Crippen LogP contribution in [-0.4, -0.2) is 27.1 Å². The van der Waals surface area contributed by atoms with Crippen LogP contribution in [-0.2, 0) is 4.79 Å². The third-order valence-corrected chi connectivity index (χ3v) is 4.52. The Morgan fingerprint density at radius 2 is 2.08 bits per heavy atom. The first kappa shape index (κ1) is 18.2. The molecule has 1 aromatic carbocycles. The fourth-order valence-electron chi connectivity index (χ4n) is 2.67. The number of pyridine rings is 1. The van der Waals surface area contributed by atoms with Crippen molar-refractivity contribution >= 4 is 23.2 Å². The highest BCUT2D eigenvalue weighted by molar-refractivity contribution is 6.31. The van der Waals surface area contributed by atoms with Gasteiger partial charge in [-0.05, 0) is 48.7 Å². The summed E-state index contributed by atoms with van der Waals surface area (Å²) in [6, 6.07) is 10.7. The van der Waals surface area contributed by atoms with Crippen LogP contribution in [0.4, 0.5) is 0 Å². The van der Waals surface area contributed by atoms with Gasteiger partial charge in [-0.3, -0.25) is 9.20 Å². The van der Waals surface area contributed by atoms with E-state index in [9.17, 15) is 4.79 Å². The zero-order chi connectivity index (χ0) is 18.7. The number of benzene rings is 1. The number of ether oxygens (including phenoxy) is 1. The zero-order valence-corrected chi connectivity index (χ0v) is 15.7. The molecule has 0 spiro atoms. The number of carbonyl (C=O) groups excluding carboxylic acids is 1. The first-order valence-electron chi connectivity index (χ1n) is 8.43. The van der Waals surface area contributed by atoms with E-state index in [-0.39, 0.29) is 24.5 Å². The van der Waals surface area contributed by atoms with Gasteiger partial charge in [0.25, 0.3) is 5.91 Å². The summed E-state index contributed by atoms with van der Waals surface area (Å²) in [6.45, 7) is 5.86. The summed E-state index contributed by atoms with van der Waals surface area (Å²) in [5.41, 5.74) is 1.65. The Kier molecular flexibility index (Phi) is 5.42. The largest absolute Gasteiger partial charge is 0.484 e. The fourth-order valence-corrected chi connectivity index (χ4v) is 2.79. The molecule has 7 heteroatoms. The molecule has 1 N–H and O–H groups in total. The molecule has 0 unspecified atom stereocenters. The van der Waals surface area contributed by atoms with Crippen molar-refractivity contribution in [3.63, 3.8) is 0 Å². The highest BCUT2D eigenvalue weighted by atomic mass is 35.5. The number of hydrogen-bond acceptors (Lipinski definition) is 4. The summed E-state index contributed by atoms with van der Waals surface area (Å²) < 4.78 is 7.46. The lowest BCUT2D eigenvalue weighted by atomic mass is 10.0. The molecule has 2 heterocycles. The fraction of sp³-hybridized carbons (Fsp3) is 0.316. The number of amides is 1. The van der Waals surface area contributed by atoms with E-state index >= 15 is 0 Å². The lowest BCUT2D eigenvalue weighted by molar-refractivity contribution is -0.124. The number of halogens is 1. The topological polar surface area (TPSA) is 68.5 Å². The van der Waals surface area contributed by atoms with Crippen molar-refractivity contribution in [1.82, 2.24) is 19.9 Å². The van der Waals surface area contributed by atoms with E-state index in [0.29, 0.717) is 16.6 Å². The smallest absolute Gasteiger partial charge is 0.258 e. The molecular formula is C19H21ClN4O2. The summed E-state index contributed by atoms with van der Waals surface area (Å²) in [5.74, 6) is 1.23. The van der Waals surface area contributed by atoms with E-state index in [1.165, 1.54) is 0 Å². The summed E-state index contributed by atoms with van der Waals surface area (Å²) in [7, 11) is 0. The molecule has 0 aliphatic rings. The number of rotatable bonds is 6. The second-order valence-electron chi connectivity index (χ2n) is 6.48. The van der Waals surface area contributed by atoms with Crippen molar-refractivity contribution < 1.29 is 9.53 Å². The maximum atomic E-state index is 12.4. The molecule has 0 aliphatic carbocycles. The van der Waals surface area contributed by atoms with Gasteiger partial charge >= 0.3 is 0 Å². The third kappa shape index (κ3) is 3.96. The Morgan fingerprint density at radius 3 is 2.81 bits per heavy atom. The van der Waals surface area contributed by atoms with Crippen LogP contribution in [0.3, 0.4) is 0 Å². The number of aromatic nitrogens is 3. The minimum Gasteiger partial charge on any atom is -0.484 e. The molecule has 0 saturated heterocycles. The summed E-state index contributed by atoms with van der Waals surface area (Å²) in [4.78, 5) is 12.4. The Bertz CT molecular complexity index is 923. The Balaban J connectivity index is 1.70. The Hall–Kier alpha value is -2.60. The van der Waals surface area contributed by atoms with Crippen LogP contribution in [0.5, 0.6) is 5.75 Å². The molecule has 0 aliphatic heterocycles. The van der Waals surface area contributed by atoms with Gasteiger partial charge in [-0.25, -0.2) is 0 Å². The van der Waals surface area contributed by atoms with E-state index in [1.54, 1.807) is 12.1 Å². The normalized spacial score (nSPS) is 12.3. The molecule has 1 amide bonds. The van der Waals surface area contributed by atoms with E-state index in [4.69, 9.17) is 16.3 Å². The van der Waals surface area contributed by atoms with E-state index in [1.807, 2.05) is 55.6 Å². The number of fused-ring (bicyclic) bond motifs is 1. The van der Waals surface area contributed by atoms with Gasteiger partial charge in [0.1, 0.15) is 5.75 Å². The molecule has 0 bridgehead atoms. The van der Waals surface area contributed by atoms with E-state index in [0.717, 1.165) is 11.2 Å². The SMILES string of the molecule is Cc1cc(OCC(=O)N[C@H](c2nnc3ccccn23)C(C)C)ccc1Cl. The monoisotopic (exact) mass is 372 g/mol. The molecule has 0 radical (unpaired) electrons. The van der Waals surface area contributed by atoms with Crippen LogP contribution >= 0.6 is 11.6 Å². The minimum absolute atomic E-state index is 0.0823. The molecule has 3 rings (SSSR count). The number of hydrogen-bond donors (Lipinski definition) is 1. The van der Waals surface area contributed by atoms with Crippen LogP contribution in [0.25, 0.3) is 5.65 Å². The first-order valence-corrected chi connectivity index (χ1v) is 8.81. The van der Waals surface area contributed by atoms with Gasteiger partial charge in [-0.1, -0.05) is 31.5 Å². The third-order valence-electron chi connectivity index (χ3n) is 4.10. The van der Waals surface area contributed by atoms with Gasteiger partial charge in [0.2, 0.25) is 0 Å². The van der Waals surface area contributed by atoms with Gasteiger partial charge in [-0.2, -0.15) is 0 Å². The van der Waals surface area contributed by atoms with Crippen molar-refractivity contribution in [2.24, 2.45) is 5.92 Å². The summed E-state index contributed by atoms with van der Waals surface area (Å²) in [5, 5.41) is 12.1. The number of nitrogens with one attached hydrogen (secondary N) is 1. The molecule has 3 aromatic rings. The van der Waals surface area contributed by atoms with Gasteiger partial charge in [0, 0.05) is 11.2 Å². The lowest BCUT2D eigenvalue weighted by Gasteiger charge is -2.21. The predicted molar refractivity (Wildman–Crippen MR) is 100 cm³/mol. The molecule has 136 valence electrons. The molecule has 6 nitrogen and oxygen atoms in total. The molecule has 0 saturated carbocycles. The molecule has 2 aromatic heterocycles. The van der Waals surface area contributed by atoms with Crippen LogP contribution in [0.1, 0.15) is 31.3 Å². The van der Waals surface area contributed by atoms with Gasteiger partial charge in [0.15, 0.2) is 18.1 Å². The second kappa shape index (κ2) is 7.74. The van der Waals surface area contributed by atoms with Crippen molar-refractivity contribution in [3.05, 3.63) is 59.0 Å². The van der Waals surface area contributed by atoms with Crippen molar-refractivity contribution in [2.75, 3.05) is 6.61 Å². The van der Waals surface area contributed by atoms with Crippen LogP contribution in [0.2, 0.25) is 5.02 Å². The van der Waals surface area contributed by atoms with E-state index in [2.05, 4.69) is 15.5 Å². The predicted octanol–water partition coefficient (Wildman–Crippen LogP) is 3.58. The van der Waals surface area contributed by atoms with Crippen LogP contribution in [0, 0.1) is 12.8 Å². The quantitative estimate of drug-likeness (QED) is 0.718. The van der Waals surface area contributed by atoms with E-state index < -0.39 is 0 Å². The highest BCUT2D eigenvalue weighted by Crippen LogP contribution is 2.22. The van der Waals surface area contributed by atoms with Gasteiger partial charge < -0.3 is 10.1 Å². The average molecular weight is 373 g/mol. The van der Waals surface area contributed by atoms with Crippen molar-refractivity contribution in [2.45, 2.75) is 26.8 Å². The van der Waals surface area contributed by atoms with Crippen molar-refractivity contribution in [3.8, 4) is 5.75 Å². The standard InChI is InChI=1S/C19H21ClN4O2/c1-12(2)18(19-23-22-16-6-4-5-9-24(16)19)21-17(25)11-26-14-7-8-15(20)13(3)10-14/h4-10,12,18H,11H2,1-3H3,(H,21,25)/t18-/m0/s1. The Morgan fingerprint density at radius 1 is 1.27 bits per heavy atom. The van der Waals surface area contributed by atoms with Crippen LogP contribution < -0.4 is 10.1 Å². The van der Waals surface area contributed by atoms with Gasteiger partial charge in [0.05, 0.1) is 6.04 Å². The van der Waals surface area contributed by atoms with Gasteiger partial charge in [-0.15, -0.1) is 10.2 Å². The number of carbonyl (C=O) groups is 1. The molecule has 26 heavy (non-hydrogen) atoms. The summed E-state index contributed by atoms with van der Waals surface area (Å²) >= 11 is 6.00. The number of nitrogens with zero attached hydrogens (tertiary/aromatic N) is 3. The minimum atomic E-state index is -0.268. The van der Waals surface area contributed by atoms with Crippen molar-refractivity contribution in [1.29, 1.82) is 0 Å². The maximum absolute atomic E-state index is 12.4. The molecule has 1 atom stereocenters. The first-order chi connectivity index (χ1) is 12.5. The Labute approximate surface area is 157 Å². The highest BCUT2D eigenvalue weighted by Gasteiger charge is 2.23. The molecule has 0 fully saturated rings. The second-order valence-corrected chi connectivity index (χ2v) is 6.88. The lowest BCUT2D eigenvalue weighted by Crippen LogP contribution is -2.36. The number of aryl methyl sites for hydroxylation is 1. The zero-order valence-electron chi connectivity index (χ0n) is 14.9. The maximum Gasteiger partial charge on any atom is 0.258 e. The average Bonchev–Trinajstić information content (AvgIpc) is 3.04. The van der Waals surface area contributed by atoms with Crippen LogP contribution in [0.15, 0.2) is 42.6 Å². The molecular weight excluding hydrogens is 352 g/mol.